The van der Waals surface area contributed by atoms with E-state index in [4.69, 9.17) is 9.47 Å². The van der Waals surface area contributed by atoms with Crippen molar-refractivity contribution in [1.29, 1.82) is 0 Å². The highest BCUT2D eigenvalue weighted by molar-refractivity contribution is 9.10. The average molecular weight is 512 g/mol. The van der Waals surface area contributed by atoms with Gasteiger partial charge in [0.1, 0.15) is 5.69 Å². The lowest BCUT2D eigenvalue weighted by atomic mass is 10.1. The van der Waals surface area contributed by atoms with E-state index in [2.05, 4.69) is 26.3 Å². The number of aromatic nitrogens is 2. The SMILES string of the molecule is CCOc1cc(/C=C/C(=O)c2c(Br)cnn2CC)ccc1OCC(=O)Nc1ccccc1C. The number of anilines is 1. The van der Waals surface area contributed by atoms with Gasteiger partial charge in [0.05, 0.1) is 17.3 Å². The molecule has 1 aromatic heterocycles. The molecule has 0 atom stereocenters. The first kappa shape index (κ1) is 24.3. The topological polar surface area (TPSA) is 82.4 Å². The van der Waals surface area contributed by atoms with E-state index in [-0.39, 0.29) is 18.3 Å². The van der Waals surface area contributed by atoms with Gasteiger partial charge in [-0.1, -0.05) is 30.3 Å². The summed E-state index contributed by atoms with van der Waals surface area (Å²) in [5.41, 5.74) is 2.98. The predicted molar refractivity (Wildman–Crippen MR) is 132 cm³/mol. The summed E-state index contributed by atoms with van der Waals surface area (Å²) in [6.45, 7) is 6.59. The predicted octanol–water partition coefficient (Wildman–Crippen LogP) is 5.29. The number of nitrogens with one attached hydrogen (secondary N) is 1. The molecule has 0 fully saturated rings. The molecule has 0 bridgehead atoms. The van der Waals surface area contributed by atoms with Crippen molar-refractivity contribution in [1.82, 2.24) is 9.78 Å². The first-order valence-electron chi connectivity index (χ1n) is 10.6. The van der Waals surface area contributed by atoms with Crippen LogP contribution in [0.25, 0.3) is 6.08 Å². The number of benzene rings is 2. The number of hydrogen-bond donors (Lipinski definition) is 1. The van der Waals surface area contributed by atoms with E-state index in [0.717, 1.165) is 16.8 Å². The van der Waals surface area contributed by atoms with Crippen LogP contribution in [0.15, 0.2) is 59.2 Å². The zero-order valence-corrected chi connectivity index (χ0v) is 20.4. The Morgan fingerprint density at radius 1 is 1.12 bits per heavy atom. The number of carbonyl (C=O) groups is 2. The van der Waals surface area contributed by atoms with Gasteiger partial charge >= 0.3 is 0 Å². The number of hydrogen-bond acceptors (Lipinski definition) is 5. The van der Waals surface area contributed by atoms with E-state index in [1.165, 1.54) is 6.08 Å². The van der Waals surface area contributed by atoms with Crippen LogP contribution in [-0.2, 0) is 11.3 Å². The number of aryl methyl sites for hydroxylation is 2. The van der Waals surface area contributed by atoms with Crippen molar-refractivity contribution >= 4 is 39.4 Å². The number of carbonyl (C=O) groups excluding carboxylic acids is 2. The third kappa shape index (κ3) is 6.32. The summed E-state index contributed by atoms with van der Waals surface area (Å²) >= 11 is 3.37. The van der Waals surface area contributed by atoms with Crippen molar-refractivity contribution in [2.45, 2.75) is 27.3 Å². The van der Waals surface area contributed by atoms with E-state index < -0.39 is 0 Å². The van der Waals surface area contributed by atoms with Gasteiger partial charge in [-0.25, -0.2) is 0 Å². The van der Waals surface area contributed by atoms with Crippen molar-refractivity contribution in [2.24, 2.45) is 0 Å². The second kappa shape index (κ2) is 11.5. The summed E-state index contributed by atoms with van der Waals surface area (Å²) in [7, 11) is 0. The molecule has 3 aromatic rings. The minimum Gasteiger partial charge on any atom is -0.490 e. The fourth-order valence-corrected chi connectivity index (χ4v) is 3.65. The minimum atomic E-state index is -0.264. The molecule has 1 N–H and O–H groups in total. The first-order chi connectivity index (χ1) is 15.9. The molecular weight excluding hydrogens is 486 g/mol. The molecule has 0 spiro atoms. The molecule has 33 heavy (non-hydrogen) atoms. The monoisotopic (exact) mass is 511 g/mol. The molecule has 0 aliphatic carbocycles. The number of halogens is 1. The summed E-state index contributed by atoms with van der Waals surface area (Å²) in [5, 5.41) is 7.01. The summed E-state index contributed by atoms with van der Waals surface area (Å²) < 4.78 is 13.7. The molecule has 1 amide bonds. The first-order valence-corrected chi connectivity index (χ1v) is 11.4. The van der Waals surface area contributed by atoms with E-state index in [0.29, 0.717) is 34.8 Å². The fraction of sp³-hybridized carbons (Fsp3) is 0.240. The Balaban J connectivity index is 1.69. The van der Waals surface area contributed by atoms with Gasteiger partial charge in [0, 0.05) is 12.2 Å². The van der Waals surface area contributed by atoms with E-state index in [9.17, 15) is 9.59 Å². The van der Waals surface area contributed by atoms with Crippen molar-refractivity contribution in [2.75, 3.05) is 18.5 Å². The Bertz CT molecular complexity index is 1170. The Morgan fingerprint density at radius 2 is 1.91 bits per heavy atom. The summed E-state index contributed by atoms with van der Waals surface area (Å²) in [5.74, 6) is 0.523. The molecule has 0 saturated heterocycles. The number of allylic oxidation sites excluding steroid dienone is 1. The molecule has 7 nitrogen and oxygen atoms in total. The maximum Gasteiger partial charge on any atom is 0.262 e. The molecule has 172 valence electrons. The van der Waals surface area contributed by atoms with Crippen LogP contribution in [0.2, 0.25) is 0 Å². The number of amides is 1. The maximum atomic E-state index is 12.6. The summed E-state index contributed by atoms with van der Waals surface area (Å²) in [4.78, 5) is 24.9. The molecular formula is C25H26BrN3O4. The number of ketones is 1. The largest absolute Gasteiger partial charge is 0.490 e. The number of rotatable bonds is 10. The molecule has 8 heteroatoms. The third-order valence-electron chi connectivity index (χ3n) is 4.80. The lowest BCUT2D eigenvalue weighted by Gasteiger charge is -2.13. The lowest BCUT2D eigenvalue weighted by Crippen LogP contribution is -2.20. The third-order valence-corrected chi connectivity index (χ3v) is 5.38. The van der Waals surface area contributed by atoms with E-state index >= 15 is 0 Å². The van der Waals surface area contributed by atoms with Gasteiger partial charge in [-0.2, -0.15) is 5.10 Å². The Morgan fingerprint density at radius 3 is 2.64 bits per heavy atom. The highest BCUT2D eigenvalue weighted by atomic mass is 79.9. The van der Waals surface area contributed by atoms with Gasteiger partial charge in [0.15, 0.2) is 18.1 Å². The molecule has 0 saturated carbocycles. The number of ether oxygens (including phenoxy) is 2. The summed E-state index contributed by atoms with van der Waals surface area (Å²) in [6, 6.07) is 12.8. The zero-order valence-electron chi connectivity index (χ0n) is 18.8. The average Bonchev–Trinajstić information content (AvgIpc) is 3.19. The highest BCUT2D eigenvalue weighted by Gasteiger charge is 2.14. The molecule has 1 heterocycles. The van der Waals surface area contributed by atoms with Crippen molar-refractivity contribution < 1.29 is 19.1 Å². The van der Waals surface area contributed by atoms with Crippen LogP contribution < -0.4 is 14.8 Å². The molecule has 0 unspecified atom stereocenters. The Kier molecular flexibility index (Phi) is 8.43. The normalized spacial score (nSPS) is 10.9. The van der Waals surface area contributed by atoms with Crippen molar-refractivity contribution in [3.63, 3.8) is 0 Å². The quantitative estimate of drug-likeness (QED) is 0.295. The highest BCUT2D eigenvalue weighted by Crippen LogP contribution is 2.29. The zero-order chi connectivity index (χ0) is 23.8. The number of para-hydroxylation sites is 1. The van der Waals surface area contributed by atoms with Crippen LogP contribution in [0.4, 0.5) is 5.69 Å². The minimum absolute atomic E-state index is 0.156. The second-order valence-corrected chi connectivity index (χ2v) is 8.00. The van der Waals surface area contributed by atoms with Gasteiger partial charge in [0.25, 0.3) is 5.91 Å². The smallest absolute Gasteiger partial charge is 0.262 e. The van der Waals surface area contributed by atoms with Crippen LogP contribution in [0.1, 0.15) is 35.5 Å². The van der Waals surface area contributed by atoms with Crippen LogP contribution in [0.3, 0.4) is 0 Å². The number of nitrogens with zero attached hydrogens (tertiary/aromatic N) is 2. The van der Waals surface area contributed by atoms with Gasteiger partial charge in [-0.05, 0) is 72.1 Å². The standard InChI is InChI=1S/C25H26BrN3O4/c1-4-29-25(19(26)15-27-29)21(30)12-10-18-11-13-22(23(14-18)32-5-2)33-16-24(31)28-20-9-7-6-8-17(20)3/h6-15H,4-5,16H2,1-3H3,(H,28,31)/b12-10+. The van der Waals surface area contributed by atoms with Gasteiger partial charge in [-0.3, -0.25) is 14.3 Å². The van der Waals surface area contributed by atoms with Crippen molar-refractivity contribution in [3.05, 3.63) is 76.0 Å². The maximum absolute atomic E-state index is 12.6. The molecule has 0 radical (unpaired) electrons. The Labute approximate surface area is 201 Å². The fourth-order valence-electron chi connectivity index (χ4n) is 3.16. The van der Waals surface area contributed by atoms with Crippen LogP contribution in [0.5, 0.6) is 11.5 Å². The van der Waals surface area contributed by atoms with Crippen LogP contribution in [0, 0.1) is 6.92 Å². The van der Waals surface area contributed by atoms with E-state index in [1.807, 2.05) is 45.0 Å². The van der Waals surface area contributed by atoms with Gasteiger partial charge in [0.2, 0.25) is 5.78 Å². The molecule has 0 aliphatic rings. The van der Waals surface area contributed by atoms with Crippen molar-refractivity contribution in [3.8, 4) is 11.5 Å². The van der Waals surface area contributed by atoms with Gasteiger partial charge in [-0.15, -0.1) is 0 Å². The van der Waals surface area contributed by atoms with Crippen LogP contribution in [-0.4, -0.2) is 34.7 Å². The molecule has 3 rings (SSSR count). The van der Waals surface area contributed by atoms with Gasteiger partial charge < -0.3 is 14.8 Å². The molecule has 0 aliphatic heterocycles. The second-order valence-electron chi connectivity index (χ2n) is 7.15. The lowest BCUT2D eigenvalue weighted by molar-refractivity contribution is -0.118. The Hall–Kier alpha value is -3.39. The van der Waals surface area contributed by atoms with E-state index in [1.54, 1.807) is 35.2 Å². The summed E-state index contributed by atoms with van der Waals surface area (Å²) in [6.07, 6.45) is 4.81. The van der Waals surface area contributed by atoms with Crippen LogP contribution >= 0.6 is 15.9 Å². The molecule has 2 aromatic carbocycles.